The second-order valence-electron chi connectivity index (χ2n) is 2.42. The Bertz CT molecular complexity index is 325. The molecule has 13 heavy (non-hydrogen) atoms. The van der Waals surface area contributed by atoms with E-state index in [-0.39, 0.29) is 12.4 Å². The average molecular weight is 177 g/mol. The Hall–Kier alpha value is -1.66. The second-order valence-corrected chi connectivity index (χ2v) is 2.42. The van der Waals surface area contributed by atoms with Gasteiger partial charge >= 0.3 is 0 Å². The number of rotatable bonds is 2. The molecule has 0 aliphatic carbocycles. The first-order valence-electron chi connectivity index (χ1n) is 3.92. The maximum Gasteiger partial charge on any atom is 0.117 e. The number of phenols is 1. The van der Waals surface area contributed by atoms with Crippen molar-refractivity contribution in [2.45, 2.75) is 0 Å². The van der Waals surface area contributed by atoms with Crippen LogP contribution in [0.4, 0.5) is 5.69 Å². The van der Waals surface area contributed by atoms with Gasteiger partial charge in [-0.1, -0.05) is 17.9 Å². The number of hydrogen-bond donors (Lipinski definition) is 3. The van der Waals surface area contributed by atoms with Crippen molar-refractivity contribution in [2.75, 3.05) is 18.5 Å². The highest BCUT2D eigenvalue weighted by Gasteiger charge is 1.90. The Morgan fingerprint density at radius 1 is 1.31 bits per heavy atom. The fraction of sp³-hybridized carbons (Fsp3) is 0.200. The summed E-state index contributed by atoms with van der Waals surface area (Å²) in [6.45, 7) is 0.339. The highest BCUT2D eigenvalue weighted by molar-refractivity contribution is 5.48. The molecule has 1 rings (SSSR count). The first-order chi connectivity index (χ1) is 6.33. The van der Waals surface area contributed by atoms with E-state index >= 15 is 0 Å². The van der Waals surface area contributed by atoms with Gasteiger partial charge in [-0.25, -0.2) is 0 Å². The number of aliphatic hydroxyl groups is 1. The summed E-state index contributed by atoms with van der Waals surface area (Å²) < 4.78 is 0. The normalized spacial score (nSPS) is 8.69. The fourth-order valence-corrected chi connectivity index (χ4v) is 0.881. The fourth-order valence-electron chi connectivity index (χ4n) is 0.881. The number of nitrogens with one attached hydrogen (secondary N) is 1. The topological polar surface area (TPSA) is 52.5 Å². The lowest BCUT2D eigenvalue weighted by Crippen LogP contribution is -1.98. The predicted molar refractivity (Wildman–Crippen MR) is 51.5 cm³/mol. The van der Waals surface area contributed by atoms with Crippen LogP contribution in [0.1, 0.15) is 0 Å². The van der Waals surface area contributed by atoms with E-state index in [1.807, 2.05) is 6.07 Å². The maximum absolute atomic E-state index is 9.10. The maximum atomic E-state index is 9.10. The van der Waals surface area contributed by atoms with Crippen molar-refractivity contribution < 1.29 is 10.2 Å². The third-order valence-electron chi connectivity index (χ3n) is 1.43. The molecule has 3 heteroatoms. The van der Waals surface area contributed by atoms with Gasteiger partial charge in [0.2, 0.25) is 0 Å². The van der Waals surface area contributed by atoms with Crippen LogP contribution >= 0.6 is 0 Å². The Balaban J connectivity index is 2.45. The summed E-state index contributed by atoms with van der Waals surface area (Å²) in [5.41, 5.74) is 0.812. The zero-order valence-corrected chi connectivity index (χ0v) is 7.12. The Morgan fingerprint density at radius 3 is 2.85 bits per heavy atom. The van der Waals surface area contributed by atoms with Gasteiger partial charge in [-0.2, -0.15) is 0 Å². The third kappa shape index (κ3) is 3.50. The lowest BCUT2D eigenvalue weighted by molar-refractivity contribution is 0.350. The first kappa shape index (κ1) is 9.43. The summed E-state index contributed by atoms with van der Waals surface area (Å²) in [6, 6.07) is 6.79. The third-order valence-corrected chi connectivity index (χ3v) is 1.43. The molecule has 0 fully saturated rings. The number of phenolic OH excluding ortho intramolecular Hbond substituents is 1. The quantitative estimate of drug-likeness (QED) is 0.586. The molecule has 0 spiro atoms. The highest BCUT2D eigenvalue weighted by atomic mass is 16.3. The molecule has 3 N–H and O–H groups in total. The van der Waals surface area contributed by atoms with Gasteiger partial charge in [-0.05, 0) is 12.1 Å². The first-order valence-corrected chi connectivity index (χ1v) is 3.92. The van der Waals surface area contributed by atoms with Crippen LogP contribution < -0.4 is 5.32 Å². The molecule has 0 aliphatic rings. The molecule has 0 aliphatic heterocycles. The van der Waals surface area contributed by atoms with E-state index in [0.717, 1.165) is 5.69 Å². The SMILES string of the molecule is OCC#CCNc1cccc(O)c1. The minimum atomic E-state index is -0.123. The lowest BCUT2D eigenvalue weighted by atomic mass is 10.3. The molecule has 0 heterocycles. The largest absolute Gasteiger partial charge is 0.508 e. The van der Waals surface area contributed by atoms with Crippen molar-refractivity contribution in [3.63, 3.8) is 0 Å². The van der Waals surface area contributed by atoms with E-state index < -0.39 is 0 Å². The number of aromatic hydroxyl groups is 1. The standard InChI is InChI=1S/C10H11NO2/c12-7-2-1-6-11-9-4-3-5-10(13)8-9/h3-5,8,11-13H,6-7H2. The molecule has 1 aromatic carbocycles. The van der Waals surface area contributed by atoms with Gasteiger partial charge in [0.05, 0.1) is 6.54 Å². The number of anilines is 1. The molecule has 0 atom stereocenters. The minimum Gasteiger partial charge on any atom is -0.508 e. The molecular formula is C10H11NO2. The summed E-state index contributed by atoms with van der Waals surface area (Å²) >= 11 is 0. The van der Waals surface area contributed by atoms with Crippen LogP contribution in [0.15, 0.2) is 24.3 Å². The van der Waals surface area contributed by atoms with E-state index in [2.05, 4.69) is 17.2 Å². The van der Waals surface area contributed by atoms with Crippen molar-refractivity contribution in [1.29, 1.82) is 0 Å². The smallest absolute Gasteiger partial charge is 0.117 e. The summed E-state index contributed by atoms with van der Waals surface area (Å²) in [6.07, 6.45) is 0. The van der Waals surface area contributed by atoms with Crippen LogP contribution in [-0.2, 0) is 0 Å². The van der Waals surface area contributed by atoms with E-state index in [4.69, 9.17) is 10.2 Å². The summed E-state index contributed by atoms with van der Waals surface area (Å²) in [4.78, 5) is 0. The van der Waals surface area contributed by atoms with E-state index in [9.17, 15) is 0 Å². The van der Waals surface area contributed by atoms with Gasteiger partial charge in [0.15, 0.2) is 0 Å². The second kappa shape index (κ2) is 5.07. The summed E-state index contributed by atoms with van der Waals surface area (Å²) in [5.74, 6) is 5.45. The number of aliphatic hydroxyl groups excluding tert-OH is 1. The summed E-state index contributed by atoms with van der Waals surface area (Å²) in [7, 11) is 0. The molecule has 0 bridgehead atoms. The molecule has 0 saturated heterocycles. The van der Waals surface area contributed by atoms with Crippen LogP contribution in [0.3, 0.4) is 0 Å². The van der Waals surface area contributed by atoms with Crippen LogP contribution in [0, 0.1) is 11.8 Å². The van der Waals surface area contributed by atoms with Crippen molar-refractivity contribution in [3.8, 4) is 17.6 Å². The van der Waals surface area contributed by atoms with Crippen LogP contribution in [-0.4, -0.2) is 23.4 Å². The molecular weight excluding hydrogens is 166 g/mol. The number of hydrogen-bond acceptors (Lipinski definition) is 3. The van der Waals surface area contributed by atoms with Gasteiger partial charge in [0, 0.05) is 11.8 Å². The lowest BCUT2D eigenvalue weighted by Gasteiger charge is -2.01. The van der Waals surface area contributed by atoms with Crippen molar-refractivity contribution in [2.24, 2.45) is 0 Å². The molecule has 0 aromatic heterocycles. The highest BCUT2D eigenvalue weighted by Crippen LogP contribution is 2.14. The van der Waals surface area contributed by atoms with E-state index in [0.29, 0.717) is 6.54 Å². The predicted octanol–water partition coefficient (Wildman–Crippen LogP) is 0.800. The molecule has 0 radical (unpaired) electrons. The molecule has 3 nitrogen and oxygen atoms in total. The van der Waals surface area contributed by atoms with Gasteiger partial charge in [-0.15, -0.1) is 0 Å². The Kier molecular flexibility index (Phi) is 3.68. The van der Waals surface area contributed by atoms with Crippen LogP contribution in [0.2, 0.25) is 0 Å². The van der Waals surface area contributed by atoms with E-state index in [1.54, 1.807) is 18.2 Å². The van der Waals surface area contributed by atoms with Crippen molar-refractivity contribution in [1.82, 2.24) is 0 Å². The zero-order chi connectivity index (χ0) is 9.52. The van der Waals surface area contributed by atoms with Crippen molar-refractivity contribution in [3.05, 3.63) is 24.3 Å². The zero-order valence-electron chi connectivity index (χ0n) is 7.12. The van der Waals surface area contributed by atoms with Gasteiger partial charge < -0.3 is 15.5 Å². The van der Waals surface area contributed by atoms with Crippen molar-refractivity contribution >= 4 is 5.69 Å². The van der Waals surface area contributed by atoms with Crippen LogP contribution in [0.5, 0.6) is 5.75 Å². The average Bonchev–Trinajstić information content (AvgIpc) is 2.13. The van der Waals surface area contributed by atoms with Gasteiger partial charge in [-0.3, -0.25) is 0 Å². The summed E-state index contributed by atoms with van der Waals surface area (Å²) in [5, 5.41) is 20.4. The Morgan fingerprint density at radius 2 is 2.15 bits per heavy atom. The van der Waals surface area contributed by atoms with E-state index in [1.165, 1.54) is 0 Å². The van der Waals surface area contributed by atoms with Gasteiger partial charge in [0.1, 0.15) is 12.4 Å². The minimum absolute atomic E-state index is 0.123. The monoisotopic (exact) mass is 177 g/mol. The number of benzene rings is 1. The molecule has 0 saturated carbocycles. The molecule has 1 aromatic rings. The molecule has 0 unspecified atom stereocenters. The molecule has 68 valence electrons. The Labute approximate surface area is 77.0 Å². The van der Waals surface area contributed by atoms with Gasteiger partial charge in [0.25, 0.3) is 0 Å². The van der Waals surface area contributed by atoms with Crippen LogP contribution in [0.25, 0.3) is 0 Å². The molecule has 0 amide bonds.